The van der Waals surface area contributed by atoms with Gasteiger partial charge in [0.2, 0.25) is 0 Å². The van der Waals surface area contributed by atoms with Crippen molar-refractivity contribution in [1.82, 2.24) is 15.2 Å². The van der Waals surface area contributed by atoms with Gasteiger partial charge >= 0.3 is 0 Å². The van der Waals surface area contributed by atoms with Crippen LogP contribution in [0.4, 0.5) is 5.69 Å². The lowest BCUT2D eigenvalue weighted by molar-refractivity contribution is -0.384. The Balaban J connectivity index is 2.08. The van der Waals surface area contributed by atoms with Crippen molar-refractivity contribution in [2.75, 3.05) is 20.7 Å². The van der Waals surface area contributed by atoms with E-state index in [-0.39, 0.29) is 11.8 Å². The number of nitro benzene ring substituents is 1. The second kappa shape index (κ2) is 9.98. The Morgan fingerprint density at radius 2 is 2.30 bits per heavy atom. The summed E-state index contributed by atoms with van der Waals surface area (Å²) >= 11 is 1.58. The van der Waals surface area contributed by atoms with Crippen LogP contribution >= 0.6 is 11.3 Å². The van der Waals surface area contributed by atoms with E-state index in [1.807, 2.05) is 37.2 Å². The number of aliphatic imine (C=N–C) groups is 1. The van der Waals surface area contributed by atoms with Crippen LogP contribution in [0.5, 0.6) is 0 Å². The molecule has 0 bridgehead atoms. The Hall–Kier alpha value is -2.52. The third-order valence-corrected chi connectivity index (χ3v) is 4.95. The molecule has 27 heavy (non-hydrogen) atoms. The Labute approximate surface area is 163 Å². The van der Waals surface area contributed by atoms with E-state index >= 15 is 0 Å². The van der Waals surface area contributed by atoms with E-state index in [2.05, 4.69) is 15.3 Å². The summed E-state index contributed by atoms with van der Waals surface area (Å²) in [6.07, 6.45) is -0.0233. The number of benzene rings is 1. The lowest BCUT2D eigenvalue weighted by Gasteiger charge is -2.21. The zero-order chi connectivity index (χ0) is 19.8. The molecular weight excluding hydrogens is 366 g/mol. The summed E-state index contributed by atoms with van der Waals surface area (Å²) in [5.74, 6) is 0.721. The molecular formula is C18H25N5O3S. The number of methoxy groups -OCH3 is 1. The summed E-state index contributed by atoms with van der Waals surface area (Å²) < 4.78 is 5.30. The largest absolute Gasteiger partial charge is 0.375 e. The number of nitrogens with one attached hydrogen (secondary N) is 1. The fourth-order valence-electron chi connectivity index (χ4n) is 2.40. The molecule has 1 aromatic carbocycles. The van der Waals surface area contributed by atoms with Crippen LogP contribution in [0.25, 0.3) is 0 Å². The average molecular weight is 391 g/mol. The predicted molar refractivity (Wildman–Crippen MR) is 107 cm³/mol. The first-order chi connectivity index (χ1) is 12.9. The van der Waals surface area contributed by atoms with Crippen LogP contribution in [0, 0.1) is 10.1 Å². The number of aromatic nitrogens is 1. The minimum atomic E-state index is -0.397. The van der Waals surface area contributed by atoms with Crippen molar-refractivity contribution in [2.45, 2.75) is 33.0 Å². The molecule has 0 spiro atoms. The SMILES string of the molecule is CCNC(=NCc1cccc([N+](=O)[O-])c1)N(C)Cc1csc(C(C)OC)n1. The van der Waals surface area contributed by atoms with Gasteiger partial charge in [0.1, 0.15) is 11.1 Å². The normalized spacial score (nSPS) is 12.7. The Kier molecular flexibility index (Phi) is 7.68. The minimum absolute atomic E-state index is 0.0233. The molecule has 1 unspecified atom stereocenters. The molecule has 1 atom stereocenters. The van der Waals surface area contributed by atoms with Gasteiger partial charge in [0.25, 0.3) is 5.69 Å². The number of hydrogen-bond acceptors (Lipinski definition) is 6. The van der Waals surface area contributed by atoms with Crippen LogP contribution in [-0.2, 0) is 17.8 Å². The number of nitro groups is 1. The monoisotopic (exact) mass is 391 g/mol. The number of ether oxygens (including phenoxy) is 1. The molecule has 9 heteroatoms. The fourth-order valence-corrected chi connectivity index (χ4v) is 3.25. The van der Waals surface area contributed by atoms with E-state index in [0.717, 1.165) is 28.8 Å². The summed E-state index contributed by atoms with van der Waals surface area (Å²) in [5.41, 5.74) is 1.81. The second-order valence-electron chi connectivity index (χ2n) is 6.01. The van der Waals surface area contributed by atoms with Gasteiger partial charge in [-0.25, -0.2) is 9.98 Å². The van der Waals surface area contributed by atoms with Crippen LogP contribution in [-0.4, -0.2) is 41.5 Å². The lowest BCUT2D eigenvalue weighted by atomic mass is 10.2. The smallest absolute Gasteiger partial charge is 0.269 e. The number of hydrogen-bond donors (Lipinski definition) is 1. The van der Waals surface area contributed by atoms with Gasteiger partial charge in [-0.05, 0) is 19.4 Å². The molecule has 0 aliphatic heterocycles. The van der Waals surface area contributed by atoms with E-state index in [9.17, 15) is 10.1 Å². The third-order valence-electron chi connectivity index (χ3n) is 3.90. The van der Waals surface area contributed by atoms with Crippen LogP contribution in [0.1, 0.15) is 36.2 Å². The van der Waals surface area contributed by atoms with Crippen LogP contribution in [0.2, 0.25) is 0 Å². The molecule has 0 aliphatic rings. The number of non-ortho nitro benzene ring substituents is 1. The minimum Gasteiger partial charge on any atom is -0.375 e. The maximum Gasteiger partial charge on any atom is 0.269 e. The molecule has 0 saturated carbocycles. The molecule has 2 aromatic rings. The highest BCUT2D eigenvalue weighted by atomic mass is 32.1. The molecule has 0 amide bonds. The van der Waals surface area contributed by atoms with Gasteiger partial charge < -0.3 is 15.0 Å². The van der Waals surface area contributed by atoms with Crippen molar-refractivity contribution in [3.05, 3.63) is 56.0 Å². The maximum absolute atomic E-state index is 10.9. The zero-order valence-electron chi connectivity index (χ0n) is 16.0. The summed E-state index contributed by atoms with van der Waals surface area (Å²) in [6.45, 7) is 5.65. The molecule has 1 N–H and O–H groups in total. The van der Waals surface area contributed by atoms with E-state index < -0.39 is 4.92 Å². The molecule has 0 fully saturated rings. The molecule has 0 aliphatic carbocycles. The first-order valence-electron chi connectivity index (χ1n) is 8.64. The molecule has 0 saturated heterocycles. The predicted octanol–water partition coefficient (Wildman–Crippen LogP) is 3.36. The zero-order valence-corrected chi connectivity index (χ0v) is 16.8. The van der Waals surface area contributed by atoms with Crippen molar-refractivity contribution < 1.29 is 9.66 Å². The van der Waals surface area contributed by atoms with E-state index in [1.165, 1.54) is 6.07 Å². The summed E-state index contributed by atoms with van der Waals surface area (Å²) in [5, 5.41) is 17.1. The van der Waals surface area contributed by atoms with Crippen LogP contribution in [0.3, 0.4) is 0 Å². The Morgan fingerprint density at radius 3 is 2.96 bits per heavy atom. The van der Waals surface area contributed by atoms with Crippen LogP contribution < -0.4 is 5.32 Å². The molecule has 1 aromatic heterocycles. The van der Waals surface area contributed by atoms with Gasteiger partial charge in [0, 0.05) is 38.2 Å². The third kappa shape index (κ3) is 6.00. The highest BCUT2D eigenvalue weighted by Gasteiger charge is 2.13. The summed E-state index contributed by atoms with van der Waals surface area (Å²) in [7, 11) is 3.61. The van der Waals surface area contributed by atoms with Gasteiger partial charge in [-0.15, -0.1) is 11.3 Å². The van der Waals surface area contributed by atoms with E-state index in [1.54, 1.807) is 30.6 Å². The standard InChI is InChI=1S/C18H25N5O3S/c1-5-19-18(20-10-14-7-6-8-16(9-14)23(24)25)22(3)11-15-12-27-17(21-15)13(2)26-4/h6-9,12-13H,5,10-11H2,1-4H3,(H,19,20). The molecule has 146 valence electrons. The van der Waals surface area contributed by atoms with E-state index in [0.29, 0.717) is 13.1 Å². The van der Waals surface area contributed by atoms with Crippen molar-refractivity contribution in [1.29, 1.82) is 0 Å². The number of nitrogens with zero attached hydrogens (tertiary/aromatic N) is 4. The maximum atomic E-state index is 10.9. The quantitative estimate of drug-likeness (QED) is 0.321. The van der Waals surface area contributed by atoms with Crippen molar-refractivity contribution >= 4 is 23.0 Å². The van der Waals surface area contributed by atoms with Gasteiger partial charge in [0.05, 0.1) is 23.7 Å². The van der Waals surface area contributed by atoms with Crippen LogP contribution in [0.15, 0.2) is 34.6 Å². The van der Waals surface area contributed by atoms with Crippen molar-refractivity contribution in [3.8, 4) is 0 Å². The van der Waals surface area contributed by atoms with Gasteiger partial charge in [-0.1, -0.05) is 12.1 Å². The lowest BCUT2D eigenvalue weighted by Crippen LogP contribution is -2.38. The molecule has 1 heterocycles. The first-order valence-corrected chi connectivity index (χ1v) is 9.52. The number of rotatable bonds is 8. The molecule has 2 rings (SSSR count). The Bertz CT molecular complexity index is 793. The fraction of sp³-hybridized carbons (Fsp3) is 0.444. The Morgan fingerprint density at radius 1 is 1.52 bits per heavy atom. The van der Waals surface area contributed by atoms with Crippen molar-refractivity contribution in [2.24, 2.45) is 4.99 Å². The second-order valence-corrected chi connectivity index (χ2v) is 6.90. The summed E-state index contributed by atoms with van der Waals surface area (Å²) in [6, 6.07) is 6.53. The highest BCUT2D eigenvalue weighted by Crippen LogP contribution is 2.21. The van der Waals surface area contributed by atoms with Gasteiger partial charge in [-0.3, -0.25) is 10.1 Å². The topological polar surface area (TPSA) is 92.9 Å². The highest BCUT2D eigenvalue weighted by molar-refractivity contribution is 7.09. The molecule has 0 radical (unpaired) electrons. The van der Waals surface area contributed by atoms with Gasteiger partial charge in [-0.2, -0.15) is 0 Å². The molecule has 8 nitrogen and oxygen atoms in total. The average Bonchev–Trinajstić information content (AvgIpc) is 3.13. The van der Waals surface area contributed by atoms with E-state index in [4.69, 9.17) is 4.74 Å². The number of guanidine groups is 1. The number of thiazole rings is 1. The first kappa shape index (κ1) is 20.8. The van der Waals surface area contributed by atoms with Gasteiger partial charge in [0.15, 0.2) is 5.96 Å². The summed E-state index contributed by atoms with van der Waals surface area (Å²) in [4.78, 5) is 21.7. The van der Waals surface area contributed by atoms with Crippen molar-refractivity contribution in [3.63, 3.8) is 0 Å².